The summed E-state index contributed by atoms with van der Waals surface area (Å²) in [6.45, 7) is 5.27. The van der Waals surface area contributed by atoms with E-state index in [1.165, 1.54) is 14.0 Å². The number of hydrogen-bond acceptors (Lipinski definition) is 3. The minimum absolute atomic E-state index is 0.227. The van der Waals surface area contributed by atoms with Crippen LogP contribution in [0.5, 0.6) is 0 Å². The third-order valence-corrected chi connectivity index (χ3v) is 2.56. The molecule has 0 aliphatic carbocycles. The molecule has 0 aromatic carbocycles. The largest absolute Gasteiger partial charge is 0.480 e. The van der Waals surface area contributed by atoms with Gasteiger partial charge in [-0.1, -0.05) is 13.8 Å². The molecule has 0 rings (SSSR count). The van der Waals surface area contributed by atoms with Crippen molar-refractivity contribution in [1.29, 1.82) is 0 Å². The Morgan fingerprint density at radius 3 is 2.24 bits per heavy atom. The number of aliphatic carboxylic acids is 1. The van der Waals surface area contributed by atoms with Crippen molar-refractivity contribution in [3.05, 3.63) is 0 Å². The molecule has 0 aliphatic heterocycles. The second-order valence-electron chi connectivity index (χ2n) is 4.43. The molecule has 0 spiro atoms. The first kappa shape index (κ1) is 15.4. The zero-order valence-corrected chi connectivity index (χ0v) is 10.6. The lowest BCUT2D eigenvalue weighted by atomic mass is 10.0. The van der Waals surface area contributed by atoms with E-state index in [1.54, 1.807) is 0 Å². The van der Waals surface area contributed by atoms with Gasteiger partial charge in [0.1, 0.15) is 12.1 Å². The highest BCUT2D eigenvalue weighted by Gasteiger charge is 2.28. The molecule has 0 radical (unpaired) electrons. The van der Waals surface area contributed by atoms with Gasteiger partial charge in [-0.2, -0.15) is 0 Å². The first-order valence-corrected chi connectivity index (χ1v) is 5.50. The van der Waals surface area contributed by atoms with Crippen LogP contribution in [0.1, 0.15) is 27.2 Å². The molecule has 6 heteroatoms. The summed E-state index contributed by atoms with van der Waals surface area (Å²) < 4.78 is 0. The van der Waals surface area contributed by atoms with Crippen LogP contribution in [0.4, 0.5) is 0 Å². The van der Waals surface area contributed by atoms with E-state index in [4.69, 9.17) is 5.11 Å². The normalized spacial score (nSPS) is 13.9. The number of carboxylic acid groups (broad SMARTS) is 1. The summed E-state index contributed by atoms with van der Waals surface area (Å²) in [7, 11) is 1.42. The van der Waals surface area contributed by atoms with Crippen LogP contribution >= 0.6 is 0 Å². The highest BCUT2D eigenvalue weighted by atomic mass is 16.4. The fourth-order valence-electron chi connectivity index (χ4n) is 1.40. The molecule has 2 atom stereocenters. The quantitative estimate of drug-likeness (QED) is 0.621. The smallest absolute Gasteiger partial charge is 0.326 e. The predicted molar refractivity (Wildman–Crippen MR) is 62.3 cm³/mol. The van der Waals surface area contributed by atoms with Crippen LogP contribution < -0.4 is 5.32 Å². The van der Waals surface area contributed by atoms with Crippen LogP contribution in [-0.2, 0) is 14.4 Å². The minimum atomic E-state index is -1.07. The first-order chi connectivity index (χ1) is 7.81. The van der Waals surface area contributed by atoms with E-state index in [0.29, 0.717) is 12.8 Å². The Hall–Kier alpha value is -1.59. The SMILES string of the molecule is CC(C)C[C@H](NC=O)C(=O)N(C)[C@@H](C)C(=O)O. The highest BCUT2D eigenvalue weighted by Crippen LogP contribution is 2.08. The molecule has 0 heterocycles. The maximum atomic E-state index is 12.0. The van der Waals surface area contributed by atoms with Crippen molar-refractivity contribution in [1.82, 2.24) is 10.2 Å². The number of carbonyl (C=O) groups excluding carboxylic acids is 2. The Morgan fingerprint density at radius 1 is 1.35 bits per heavy atom. The molecule has 2 N–H and O–H groups in total. The van der Waals surface area contributed by atoms with Crippen molar-refractivity contribution >= 4 is 18.3 Å². The fourth-order valence-corrected chi connectivity index (χ4v) is 1.40. The van der Waals surface area contributed by atoms with E-state index < -0.39 is 18.1 Å². The van der Waals surface area contributed by atoms with Gasteiger partial charge in [0, 0.05) is 7.05 Å². The lowest BCUT2D eigenvalue weighted by Gasteiger charge is -2.27. The predicted octanol–water partition coefficient (Wildman–Crippen LogP) is 0.0786. The van der Waals surface area contributed by atoms with Gasteiger partial charge in [0.05, 0.1) is 0 Å². The molecule has 0 aromatic heterocycles. The highest BCUT2D eigenvalue weighted by molar-refractivity contribution is 5.87. The van der Waals surface area contributed by atoms with Gasteiger partial charge in [-0.15, -0.1) is 0 Å². The maximum absolute atomic E-state index is 12.0. The van der Waals surface area contributed by atoms with Gasteiger partial charge >= 0.3 is 5.97 Å². The number of hydrogen-bond donors (Lipinski definition) is 2. The zero-order valence-electron chi connectivity index (χ0n) is 10.6. The van der Waals surface area contributed by atoms with E-state index in [-0.39, 0.29) is 11.8 Å². The van der Waals surface area contributed by atoms with Crippen molar-refractivity contribution in [3.63, 3.8) is 0 Å². The second-order valence-corrected chi connectivity index (χ2v) is 4.43. The number of carbonyl (C=O) groups is 3. The average molecular weight is 244 g/mol. The summed E-state index contributed by atoms with van der Waals surface area (Å²) in [4.78, 5) is 34.3. The monoisotopic (exact) mass is 244 g/mol. The maximum Gasteiger partial charge on any atom is 0.326 e. The van der Waals surface area contributed by atoms with Gasteiger partial charge in [-0.05, 0) is 19.3 Å². The van der Waals surface area contributed by atoms with E-state index >= 15 is 0 Å². The molecule has 0 bridgehead atoms. The van der Waals surface area contributed by atoms with Crippen LogP contribution in [0.3, 0.4) is 0 Å². The molecule has 0 saturated carbocycles. The van der Waals surface area contributed by atoms with Gasteiger partial charge < -0.3 is 15.3 Å². The molecular formula is C11H20N2O4. The van der Waals surface area contributed by atoms with Crippen LogP contribution in [0, 0.1) is 5.92 Å². The number of nitrogens with one attached hydrogen (secondary N) is 1. The van der Waals surface area contributed by atoms with E-state index in [1.807, 2.05) is 13.8 Å². The third-order valence-electron chi connectivity index (χ3n) is 2.56. The minimum Gasteiger partial charge on any atom is -0.480 e. The molecule has 98 valence electrons. The lowest BCUT2D eigenvalue weighted by Crippen LogP contribution is -2.50. The van der Waals surface area contributed by atoms with Crippen molar-refractivity contribution < 1.29 is 19.5 Å². The Balaban J connectivity index is 4.70. The van der Waals surface area contributed by atoms with Gasteiger partial charge in [0.25, 0.3) is 0 Å². The number of amides is 2. The summed E-state index contributed by atoms with van der Waals surface area (Å²) in [6, 6.07) is -1.58. The first-order valence-electron chi connectivity index (χ1n) is 5.50. The third kappa shape index (κ3) is 4.84. The van der Waals surface area contributed by atoms with Crippen LogP contribution in [-0.4, -0.2) is 47.4 Å². The Kier molecular flexibility index (Phi) is 6.23. The Labute approximate surface area is 101 Å². The Morgan fingerprint density at radius 2 is 1.88 bits per heavy atom. The molecule has 0 aromatic rings. The van der Waals surface area contributed by atoms with Crippen molar-refractivity contribution in [2.24, 2.45) is 5.92 Å². The summed E-state index contributed by atoms with van der Waals surface area (Å²) in [5, 5.41) is 11.2. The topological polar surface area (TPSA) is 86.7 Å². The van der Waals surface area contributed by atoms with Crippen LogP contribution in [0.2, 0.25) is 0 Å². The summed E-state index contributed by atoms with van der Waals surface area (Å²) in [5.74, 6) is -1.24. The molecule has 6 nitrogen and oxygen atoms in total. The lowest BCUT2D eigenvalue weighted by molar-refractivity contribution is -0.149. The van der Waals surface area contributed by atoms with Gasteiger partial charge in [-0.25, -0.2) is 4.79 Å². The van der Waals surface area contributed by atoms with Gasteiger partial charge in [-0.3, -0.25) is 9.59 Å². The van der Waals surface area contributed by atoms with Crippen molar-refractivity contribution in [2.45, 2.75) is 39.3 Å². The van der Waals surface area contributed by atoms with E-state index in [9.17, 15) is 14.4 Å². The summed E-state index contributed by atoms with van der Waals surface area (Å²) in [5.41, 5.74) is 0. The standard InChI is InChI=1S/C11H20N2O4/c1-7(2)5-9(12-6-14)10(15)13(4)8(3)11(16)17/h6-9H,5H2,1-4H3,(H,12,14)(H,16,17)/t8-,9-/m0/s1. The number of rotatable bonds is 7. The molecular weight excluding hydrogens is 224 g/mol. The molecule has 0 unspecified atom stereocenters. The second kappa shape index (κ2) is 6.88. The van der Waals surface area contributed by atoms with Crippen LogP contribution in [0.15, 0.2) is 0 Å². The van der Waals surface area contributed by atoms with E-state index in [2.05, 4.69) is 5.32 Å². The molecule has 0 fully saturated rings. The Bertz CT molecular complexity index is 291. The van der Waals surface area contributed by atoms with Gasteiger partial charge in [0.15, 0.2) is 0 Å². The average Bonchev–Trinajstić information content (AvgIpc) is 2.24. The van der Waals surface area contributed by atoms with Crippen LogP contribution in [0.25, 0.3) is 0 Å². The molecule has 0 aliphatic rings. The number of likely N-dealkylation sites (N-methyl/N-ethyl adjacent to an activating group) is 1. The van der Waals surface area contributed by atoms with E-state index in [0.717, 1.165) is 4.90 Å². The van der Waals surface area contributed by atoms with Crippen molar-refractivity contribution in [2.75, 3.05) is 7.05 Å². The summed E-state index contributed by atoms with van der Waals surface area (Å²) >= 11 is 0. The molecule has 17 heavy (non-hydrogen) atoms. The number of carboxylic acids is 1. The molecule has 2 amide bonds. The molecule has 0 saturated heterocycles. The zero-order chi connectivity index (χ0) is 13.6. The number of nitrogens with zero attached hydrogens (tertiary/aromatic N) is 1. The summed E-state index contributed by atoms with van der Waals surface area (Å²) in [6.07, 6.45) is 0.943. The fraction of sp³-hybridized carbons (Fsp3) is 0.727. The van der Waals surface area contributed by atoms with Gasteiger partial charge in [0.2, 0.25) is 12.3 Å². The van der Waals surface area contributed by atoms with Crippen molar-refractivity contribution in [3.8, 4) is 0 Å².